The molecule has 2 heterocycles. The van der Waals surface area contributed by atoms with Crippen LogP contribution in [0.5, 0.6) is 0 Å². The SMILES string of the molecule is c1cn(CCCNCC2CCNCC2)nn1. The summed E-state index contributed by atoms with van der Waals surface area (Å²) < 4.78 is 1.88. The smallest absolute Gasteiger partial charge is 0.0692 e. The molecule has 1 aliphatic rings. The van der Waals surface area contributed by atoms with E-state index in [1.54, 1.807) is 6.20 Å². The van der Waals surface area contributed by atoms with Gasteiger partial charge >= 0.3 is 0 Å². The zero-order valence-electron chi connectivity index (χ0n) is 9.73. The third-order valence-electron chi connectivity index (χ3n) is 3.10. The molecular weight excluding hydrogens is 202 g/mol. The summed E-state index contributed by atoms with van der Waals surface area (Å²) in [7, 11) is 0. The molecule has 2 N–H and O–H groups in total. The van der Waals surface area contributed by atoms with Gasteiger partial charge in [-0.2, -0.15) is 0 Å². The van der Waals surface area contributed by atoms with Gasteiger partial charge in [0.15, 0.2) is 0 Å². The molecule has 0 amide bonds. The Hall–Kier alpha value is -0.940. The van der Waals surface area contributed by atoms with Gasteiger partial charge in [0.2, 0.25) is 0 Å². The molecule has 0 unspecified atom stereocenters. The molecule has 0 spiro atoms. The lowest BCUT2D eigenvalue weighted by Gasteiger charge is -2.22. The molecule has 0 atom stereocenters. The lowest BCUT2D eigenvalue weighted by Crippen LogP contribution is -2.34. The van der Waals surface area contributed by atoms with E-state index >= 15 is 0 Å². The molecule has 0 aromatic carbocycles. The van der Waals surface area contributed by atoms with Crippen LogP contribution in [-0.4, -0.2) is 41.2 Å². The first kappa shape index (κ1) is 11.5. The van der Waals surface area contributed by atoms with Crippen LogP contribution in [0.15, 0.2) is 12.4 Å². The van der Waals surface area contributed by atoms with Crippen LogP contribution in [-0.2, 0) is 6.54 Å². The van der Waals surface area contributed by atoms with Gasteiger partial charge in [-0.3, -0.25) is 4.68 Å². The van der Waals surface area contributed by atoms with E-state index in [0.717, 1.165) is 25.4 Å². The van der Waals surface area contributed by atoms with Crippen molar-refractivity contribution in [1.82, 2.24) is 25.6 Å². The normalized spacial score (nSPS) is 17.8. The molecule has 0 bridgehead atoms. The van der Waals surface area contributed by atoms with Gasteiger partial charge in [-0.15, -0.1) is 5.10 Å². The Kier molecular flexibility index (Phi) is 4.76. The van der Waals surface area contributed by atoms with Crippen molar-refractivity contribution < 1.29 is 0 Å². The molecule has 1 aromatic heterocycles. The minimum Gasteiger partial charge on any atom is -0.317 e. The maximum atomic E-state index is 3.93. The molecule has 1 saturated heterocycles. The monoisotopic (exact) mass is 223 g/mol. The standard InChI is InChI=1S/C11H21N5/c1(8-16-9-7-14-15-16)4-13-10-11-2-5-12-6-3-11/h7,9,11-13H,1-6,8,10H2. The van der Waals surface area contributed by atoms with E-state index in [9.17, 15) is 0 Å². The van der Waals surface area contributed by atoms with Crippen molar-refractivity contribution in [3.05, 3.63) is 12.4 Å². The lowest BCUT2D eigenvalue weighted by atomic mass is 9.98. The summed E-state index contributed by atoms with van der Waals surface area (Å²) in [6.45, 7) is 5.57. The summed E-state index contributed by atoms with van der Waals surface area (Å²) in [4.78, 5) is 0. The van der Waals surface area contributed by atoms with Gasteiger partial charge in [0.25, 0.3) is 0 Å². The average Bonchev–Trinajstić information content (AvgIpc) is 2.83. The predicted octanol–water partition coefficient (Wildman–Crippen LogP) is 0.257. The molecule has 1 fully saturated rings. The first-order valence-electron chi connectivity index (χ1n) is 6.20. The zero-order valence-corrected chi connectivity index (χ0v) is 9.73. The van der Waals surface area contributed by atoms with Crippen molar-refractivity contribution in [3.63, 3.8) is 0 Å². The fraction of sp³-hybridized carbons (Fsp3) is 0.818. The van der Waals surface area contributed by atoms with E-state index in [1.165, 1.54) is 32.5 Å². The molecule has 5 nitrogen and oxygen atoms in total. The molecule has 1 aromatic rings. The van der Waals surface area contributed by atoms with Gasteiger partial charge in [0.05, 0.1) is 6.20 Å². The number of nitrogens with zero attached hydrogens (tertiary/aromatic N) is 3. The van der Waals surface area contributed by atoms with E-state index in [0.29, 0.717) is 0 Å². The Balaban J connectivity index is 1.48. The maximum Gasteiger partial charge on any atom is 0.0692 e. The summed E-state index contributed by atoms with van der Waals surface area (Å²) in [6, 6.07) is 0. The second kappa shape index (κ2) is 6.60. The first-order chi connectivity index (χ1) is 7.95. The summed E-state index contributed by atoms with van der Waals surface area (Å²) in [6.07, 6.45) is 7.38. The number of aromatic nitrogens is 3. The van der Waals surface area contributed by atoms with Crippen LogP contribution < -0.4 is 10.6 Å². The Labute approximate surface area is 96.6 Å². The highest BCUT2D eigenvalue weighted by Gasteiger charge is 2.11. The highest BCUT2D eigenvalue weighted by atomic mass is 15.4. The van der Waals surface area contributed by atoms with Gasteiger partial charge in [0, 0.05) is 12.7 Å². The molecule has 0 radical (unpaired) electrons. The van der Waals surface area contributed by atoms with Crippen molar-refractivity contribution in [2.45, 2.75) is 25.8 Å². The zero-order chi connectivity index (χ0) is 11.1. The van der Waals surface area contributed by atoms with Crippen LogP contribution in [0.3, 0.4) is 0 Å². The molecule has 0 saturated carbocycles. The summed E-state index contributed by atoms with van der Waals surface area (Å²) >= 11 is 0. The molecule has 90 valence electrons. The van der Waals surface area contributed by atoms with Crippen molar-refractivity contribution in [3.8, 4) is 0 Å². The fourth-order valence-electron chi connectivity index (χ4n) is 2.11. The summed E-state index contributed by atoms with van der Waals surface area (Å²) in [5.41, 5.74) is 0. The Morgan fingerprint density at radius 1 is 1.38 bits per heavy atom. The molecule has 2 rings (SSSR count). The van der Waals surface area contributed by atoms with Crippen LogP contribution in [0.25, 0.3) is 0 Å². The van der Waals surface area contributed by atoms with E-state index in [2.05, 4.69) is 20.9 Å². The Morgan fingerprint density at radius 2 is 2.25 bits per heavy atom. The van der Waals surface area contributed by atoms with Crippen LogP contribution in [0.4, 0.5) is 0 Å². The van der Waals surface area contributed by atoms with Crippen LogP contribution in [0.1, 0.15) is 19.3 Å². The van der Waals surface area contributed by atoms with Gasteiger partial charge < -0.3 is 10.6 Å². The van der Waals surface area contributed by atoms with Crippen LogP contribution in [0, 0.1) is 5.92 Å². The van der Waals surface area contributed by atoms with Gasteiger partial charge in [-0.25, -0.2) is 0 Å². The van der Waals surface area contributed by atoms with Crippen molar-refractivity contribution in [2.75, 3.05) is 26.2 Å². The van der Waals surface area contributed by atoms with Gasteiger partial charge in [0.1, 0.15) is 0 Å². The Bertz CT molecular complexity index is 266. The fourth-order valence-corrected chi connectivity index (χ4v) is 2.11. The van der Waals surface area contributed by atoms with E-state index in [1.807, 2.05) is 10.9 Å². The lowest BCUT2D eigenvalue weighted by molar-refractivity contribution is 0.354. The molecule has 1 aliphatic heterocycles. The number of hydrogen-bond donors (Lipinski definition) is 2. The van der Waals surface area contributed by atoms with Crippen molar-refractivity contribution >= 4 is 0 Å². The van der Waals surface area contributed by atoms with Gasteiger partial charge in [-0.05, 0) is 51.4 Å². The Morgan fingerprint density at radius 3 is 3.00 bits per heavy atom. The largest absolute Gasteiger partial charge is 0.317 e. The first-order valence-corrected chi connectivity index (χ1v) is 6.20. The maximum absolute atomic E-state index is 3.93. The minimum atomic E-state index is 0.868. The third-order valence-corrected chi connectivity index (χ3v) is 3.10. The van der Waals surface area contributed by atoms with Gasteiger partial charge in [-0.1, -0.05) is 5.21 Å². The quantitative estimate of drug-likeness (QED) is 0.679. The second-order valence-corrected chi connectivity index (χ2v) is 4.42. The topological polar surface area (TPSA) is 54.8 Å². The number of hydrogen-bond acceptors (Lipinski definition) is 4. The molecule has 16 heavy (non-hydrogen) atoms. The van der Waals surface area contributed by atoms with E-state index in [-0.39, 0.29) is 0 Å². The summed E-state index contributed by atoms with van der Waals surface area (Å²) in [5, 5.41) is 14.6. The van der Waals surface area contributed by atoms with E-state index in [4.69, 9.17) is 0 Å². The number of piperidine rings is 1. The van der Waals surface area contributed by atoms with E-state index < -0.39 is 0 Å². The number of rotatable bonds is 6. The minimum absolute atomic E-state index is 0.868. The molecule has 0 aliphatic carbocycles. The highest BCUT2D eigenvalue weighted by Crippen LogP contribution is 2.09. The molecular formula is C11H21N5. The predicted molar refractivity (Wildman–Crippen MR) is 63.1 cm³/mol. The van der Waals surface area contributed by atoms with Crippen molar-refractivity contribution in [2.24, 2.45) is 5.92 Å². The van der Waals surface area contributed by atoms with Crippen LogP contribution >= 0.6 is 0 Å². The van der Waals surface area contributed by atoms with Crippen LogP contribution in [0.2, 0.25) is 0 Å². The third kappa shape index (κ3) is 3.90. The second-order valence-electron chi connectivity index (χ2n) is 4.42. The summed E-state index contributed by atoms with van der Waals surface area (Å²) in [5.74, 6) is 0.868. The number of nitrogens with one attached hydrogen (secondary N) is 2. The molecule has 5 heteroatoms. The highest BCUT2D eigenvalue weighted by molar-refractivity contribution is 4.70. The van der Waals surface area contributed by atoms with Crippen molar-refractivity contribution in [1.29, 1.82) is 0 Å². The average molecular weight is 223 g/mol. The number of aryl methyl sites for hydroxylation is 1.